The number of rotatable bonds is 7. The second-order valence-corrected chi connectivity index (χ2v) is 13.3. The molecule has 1 aliphatic heterocycles. The highest BCUT2D eigenvalue weighted by Gasteiger charge is 2.37. The lowest BCUT2D eigenvalue weighted by Gasteiger charge is -2.36. The van der Waals surface area contributed by atoms with Crippen molar-refractivity contribution in [3.63, 3.8) is 0 Å². The summed E-state index contributed by atoms with van der Waals surface area (Å²) in [5.41, 5.74) is 16.4. The van der Waals surface area contributed by atoms with Crippen LogP contribution in [-0.2, 0) is 0 Å². The summed E-state index contributed by atoms with van der Waals surface area (Å²) in [7, 11) is 0. The van der Waals surface area contributed by atoms with E-state index in [9.17, 15) is 0 Å². The molecular weight excluding hydrogens is 605 g/mol. The van der Waals surface area contributed by atoms with Crippen LogP contribution in [0.5, 0.6) is 0 Å². The van der Waals surface area contributed by atoms with Gasteiger partial charge < -0.3 is 9.80 Å². The van der Waals surface area contributed by atoms with Crippen molar-refractivity contribution in [2.24, 2.45) is 0 Å². The predicted octanol–water partition coefficient (Wildman–Crippen LogP) is 12.8. The van der Waals surface area contributed by atoms with Crippen LogP contribution in [0, 0.1) is 0 Å². The van der Waals surface area contributed by atoms with E-state index in [1.54, 1.807) is 0 Å². The first-order valence-corrected chi connectivity index (χ1v) is 17.7. The fraction of sp³-hybridized carbons (Fsp3) is 0.0833. The van der Waals surface area contributed by atoms with E-state index in [-0.39, 0.29) is 6.04 Å². The first-order chi connectivity index (χ1) is 24.8. The van der Waals surface area contributed by atoms with Crippen molar-refractivity contribution in [3.05, 3.63) is 205 Å². The average molecular weight is 643 g/mol. The van der Waals surface area contributed by atoms with Crippen molar-refractivity contribution in [2.75, 3.05) is 9.80 Å². The summed E-state index contributed by atoms with van der Waals surface area (Å²) in [5.74, 6) is 0. The summed E-state index contributed by atoms with van der Waals surface area (Å²) in [4.78, 5) is 5.04. The van der Waals surface area contributed by atoms with E-state index in [2.05, 4.69) is 198 Å². The highest BCUT2D eigenvalue weighted by atomic mass is 15.2. The van der Waals surface area contributed by atoms with Crippen LogP contribution >= 0.6 is 0 Å². The number of allylic oxidation sites excluding steroid dienone is 6. The third kappa shape index (κ3) is 5.59. The number of benzene rings is 6. The van der Waals surface area contributed by atoms with Crippen LogP contribution in [0.4, 0.5) is 22.7 Å². The van der Waals surface area contributed by atoms with E-state index in [0.29, 0.717) is 0 Å². The zero-order valence-corrected chi connectivity index (χ0v) is 28.0. The lowest BCUT2D eigenvalue weighted by molar-refractivity contribution is 0.782. The van der Waals surface area contributed by atoms with Gasteiger partial charge in [-0.25, -0.2) is 0 Å². The van der Waals surface area contributed by atoms with Crippen LogP contribution < -0.4 is 9.80 Å². The molecule has 3 aliphatic rings. The number of anilines is 4. The Balaban J connectivity index is 1.15. The summed E-state index contributed by atoms with van der Waals surface area (Å²) in [6, 6.07) is 57.6. The molecule has 1 heterocycles. The van der Waals surface area contributed by atoms with Gasteiger partial charge in [0.05, 0.1) is 6.04 Å². The molecule has 0 spiro atoms. The van der Waals surface area contributed by atoms with E-state index in [1.165, 1.54) is 73.0 Å². The van der Waals surface area contributed by atoms with E-state index in [1.807, 2.05) is 0 Å². The van der Waals surface area contributed by atoms with E-state index >= 15 is 0 Å². The van der Waals surface area contributed by atoms with Gasteiger partial charge in [-0.3, -0.25) is 0 Å². The lowest BCUT2D eigenvalue weighted by Crippen LogP contribution is -2.32. The molecule has 0 radical (unpaired) electrons. The number of fused-ring (bicyclic) bond motifs is 3. The Labute approximate surface area is 295 Å². The third-order valence-corrected chi connectivity index (χ3v) is 10.2. The first-order valence-electron chi connectivity index (χ1n) is 17.7. The Kier molecular flexibility index (Phi) is 7.83. The molecule has 1 unspecified atom stereocenters. The quantitative estimate of drug-likeness (QED) is 0.171. The monoisotopic (exact) mass is 642 g/mol. The minimum atomic E-state index is 0.171. The van der Waals surface area contributed by atoms with Gasteiger partial charge in [0.1, 0.15) is 0 Å². The van der Waals surface area contributed by atoms with Gasteiger partial charge >= 0.3 is 0 Å². The molecule has 1 atom stereocenters. The number of para-hydroxylation sites is 2. The zero-order valence-electron chi connectivity index (χ0n) is 28.0. The van der Waals surface area contributed by atoms with Crippen LogP contribution in [0.25, 0.3) is 33.4 Å². The largest absolute Gasteiger partial charge is 0.333 e. The standard InChI is InChI=1S/C48H38N2/c1-5-15-35(16-6-1)38-25-27-42(28-26-38)50-47-24-14-13-23-45(47)46-30-29-43(34-48(46)50)49(41-21-11-4-12-22-41)44-32-39(36-17-7-2-8-18-36)31-40(33-44)37-19-9-3-10-20-37/h1-9,11-19,21-33,48H,10,20,34H2. The molecule has 2 heteroatoms. The predicted molar refractivity (Wildman–Crippen MR) is 212 cm³/mol. The van der Waals surface area contributed by atoms with Crippen LogP contribution in [0.1, 0.15) is 30.4 Å². The molecule has 0 bridgehead atoms. The summed E-state index contributed by atoms with van der Waals surface area (Å²) >= 11 is 0. The molecule has 0 amide bonds. The molecule has 0 saturated carbocycles. The fourth-order valence-electron chi connectivity index (χ4n) is 7.82. The summed E-state index contributed by atoms with van der Waals surface area (Å²) < 4.78 is 0. The maximum absolute atomic E-state index is 2.55. The third-order valence-electron chi connectivity index (χ3n) is 10.2. The molecule has 0 N–H and O–H groups in total. The van der Waals surface area contributed by atoms with Crippen LogP contribution in [0.2, 0.25) is 0 Å². The Hall–Kier alpha value is -6.12. The van der Waals surface area contributed by atoms with E-state index < -0.39 is 0 Å². The van der Waals surface area contributed by atoms with Crippen molar-refractivity contribution in [3.8, 4) is 22.3 Å². The minimum absolute atomic E-state index is 0.171. The average Bonchev–Trinajstić information content (AvgIpc) is 3.53. The molecule has 240 valence electrons. The summed E-state index contributed by atoms with van der Waals surface area (Å²) in [5, 5.41) is 0. The van der Waals surface area contributed by atoms with Crippen molar-refractivity contribution < 1.29 is 0 Å². The van der Waals surface area contributed by atoms with Gasteiger partial charge in [-0.2, -0.15) is 0 Å². The van der Waals surface area contributed by atoms with Crippen LogP contribution in [0.3, 0.4) is 0 Å². The summed E-state index contributed by atoms with van der Waals surface area (Å²) in [6.45, 7) is 0. The molecule has 0 fully saturated rings. The van der Waals surface area contributed by atoms with Gasteiger partial charge in [0.2, 0.25) is 0 Å². The van der Waals surface area contributed by atoms with Crippen LogP contribution in [-0.4, -0.2) is 6.04 Å². The molecule has 50 heavy (non-hydrogen) atoms. The van der Waals surface area contributed by atoms with E-state index in [0.717, 1.165) is 19.3 Å². The van der Waals surface area contributed by atoms with Crippen molar-refractivity contribution in [2.45, 2.75) is 25.3 Å². The first kappa shape index (κ1) is 30.0. The Morgan fingerprint density at radius 3 is 1.88 bits per heavy atom. The maximum Gasteiger partial charge on any atom is 0.0653 e. The van der Waals surface area contributed by atoms with Crippen molar-refractivity contribution in [1.29, 1.82) is 0 Å². The lowest BCUT2D eigenvalue weighted by atomic mass is 9.91. The van der Waals surface area contributed by atoms with Gasteiger partial charge in [0, 0.05) is 40.4 Å². The fourth-order valence-corrected chi connectivity index (χ4v) is 7.82. The zero-order chi connectivity index (χ0) is 33.3. The minimum Gasteiger partial charge on any atom is -0.333 e. The second kappa shape index (κ2) is 13.1. The SMILES string of the molecule is C1=CCCC(c2cc(-c3ccccc3)cc(N(C3=CC=C4c5ccccc5N(c5ccc(-c6ccccc6)cc5)C4C3)c3ccccc3)c2)=C1. The highest BCUT2D eigenvalue weighted by molar-refractivity contribution is 5.94. The number of hydrogen-bond donors (Lipinski definition) is 0. The van der Waals surface area contributed by atoms with Crippen molar-refractivity contribution in [1.82, 2.24) is 0 Å². The molecule has 2 nitrogen and oxygen atoms in total. The van der Waals surface area contributed by atoms with Gasteiger partial charge in [0.15, 0.2) is 0 Å². The van der Waals surface area contributed by atoms with E-state index in [4.69, 9.17) is 0 Å². The Morgan fingerprint density at radius 1 is 0.520 bits per heavy atom. The van der Waals surface area contributed by atoms with Crippen molar-refractivity contribution >= 4 is 33.9 Å². The normalized spacial score (nSPS) is 16.2. The molecule has 6 aromatic carbocycles. The number of nitrogens with zero attached hydrogens (tertiary/aromatic N) is 2. The molecular formula is C48H38N2. The Morgan fingerprint density at radius 2 is 1.16 bits per heavy atom. The molecule has 6 aromatic rings. The van der Waals surface area contributed by atoms with Gasteiger partial charge in [0.25, 0.3) is 0 Å². The molecule has 2 aliphatic carbocycles. The number of hydrogen-bond acceptors (Lipinski definition) is 2. The maximum atomic E-state index is 2.55. The van der Waals surface area contributed by atoms with Gasteiger partial charge in [-0.15, -0.1) is 0 Å². The topological polar surface area (TPSA) is 6.48 Å². The van der Waals surface area contributed by atoms with Gasteiger partial charge in [-0.1, -0.05) is 133 Å². The van der Waals surface area contributed by atoms with Gasteiger partial charge in [-0.05, 0) is 106 Å². The molecule has 0 saturated heterocycles. The second-order valence-electron chi connectivity index (χ2n) is 13.3. The summed E-state index contributed by atoms with van der Waals surface area (Å²) in [6.07, 6.45) is 14.5. The van der Waals surface area contributed by atoms with Crippen LogP contribution in [0.15, 0.2) is 194 Å². The molecule has 0 aromatic heterocycles. The highest BCUT2D eigenvalue weighted by Crippen LogP contribution is 2.50. The molecule has 9 rings (SSSR count). The smallest absolute Gasteiger partial charge is 0.0653 e. The Bertz CT molecular complexity index is 2280.